The normalized spacial score (nSPS) is 16.2. The summed E-state index contributed by atoms with van der Waals surface area (Å²) in [5.74, 6) is 0. The zero-order valence-corrected chi connectivity index (χ0v) is 14.2. The van der Waals surface area contributed by atoms with Crippen molar-refractivity contribution in [2.75, 3.05) is 0 Å². The van der Waals surface area contributed by atoms with Crippen molar-refractivity contribution in [1.29, 1.82) is 0 Å². The van der Waals surface area contributed by atoms with Crippen molar-refractivity contribution in [2.45, 2.75) is 79.6 Å². The highest BCUT2D eigenvalue weighted by atomic mass is 14.3. The van der Waals surface area contributed by atoms with Crippen LogP contribution >= 0.6 is 0 Å². The molecule has 0 heterocycles. The lowest BCUT2D eigenvalue weighted by Crippen LogP contribution is -2.23. The summed E-state index contributed by atoms with van der Waals surface area (Å²) in [6.07, 6.45) is 5.81. The van der Waals surface area contributed by atoms with E-state index in [1.165, 1.54) is 31.2 Å². The Morgan fingerprint density at radius 1 is 1.00 bits per heavy atom. The summed E-state index contributed by atoms with van der Waals surface area (Å²) in [4.78, 5) is 0. The molecule has 0 radical (unpaired) electrons. The SMILES string of the molecule is CC.CC(C)(C)c1ccccc1.CCC1(C)CCC1. The lowest BCUT2D eigenvalue weighted by molar-refractivity contribution is 0.155. The fraction of sp³-hybridized carbons (Fsp3) is 0.684. The van der Waals surface area contributed by atoms with Gasteiger partial charge in [-0.25, -0.2) is 0 Å². The van der Waals surface area contributed by atoms with Crippen LogP contribution in [0.25, 0.3) is 0 Å². The van der Waals surface area contributed by atoms with Gasteiger partial charge in [-0.15, -0.1) is 0 Å². The topological polar surface area (TPSA) is 0 Å². The lowest BCUT2D eigenvalue weighted by atomic mass is 9.69. The molecule has 2 rings (SSSR count). The number of hydrogen-bond donors (Lipinski definition) is 0. The average Bonchev–Trinajstić information content (AvgIpc) is 2.39. The van der Waals surface area contributed by atoms with Gasteiger partial charge in [-0.1, -0.05) is 91.6 Å². The van der Waals surface area contributed by atoms with Crippen LogP contribution in [0.5, 0.6) is 0 Å². The number of hydrogen-bond acceptors (Lipinski definition) is 0. The molecule has 0 heteroatoms. The molecule has 0 amide bonds. The van der Waals surface area contributed by atoms with E-state index in [-0.39, 0.29) is 0 Å². The predicted molar refractivity (Wildman–Crippen MR) is 88.7 cm³/mol. The molecule has 19 heavy (non-hydrogen) atoms. The highest BCUT2D eigenvalue weighted by Crippen LogP contribution is 2.42. The molecular formula is C19H34. The van der Waals surface area contributed by atoms with Crippen molar-refractivity contribution in [3.8, 4) is 0 Å². The number of rotatable bonds is 1. The van der Waals surface area contributed by atoms with E-state index >= 15 is 0 Å². The van der Waals surface area contributed by atoms with Crippen molar-refractivity contribution in [3.63, 3.8) is 0 Å². The minimum atomic E-state index is 0.293. The van der Waals surface area contributed by atoms with Crippen molar-refractivity contribution in [2.24, 2.45) is 5.41 Å². The maximum Gasteiger partial charge on any atom is -0.0132 e. The van der Waals surface area contributed by atoms with Crippen LogP contribution < -0.4 is 0 Å². The van der Waals surface area contributed by atoms with Crippen LogP contribution in [0.3, 0.4) is 0 Å². The van der Waals surface area contributed by atoms with Gasteiger partial charge in [0.25, 0.3) is 0 Å². The summed E-state index contributed by atoms with van der Waals surface area (Å²) in [5.41, 5.74) is 2.45. The maximum atomic E-state index is 2.39. The predicted octanol–water partition coefficient (Wildman–Crippen LogP) is 6.60. The molecule has 0 nitrogen and oxygen atoms in total. The Bertz CT molecular complexity index is 306. The molecular weight excluding hydrogens is 228 g/mol. The molecule has 1 fully saturated rings. The minimum Gasteiger partial charge on any atom is -0.0683 e. The van der Waals surface area contributed by atoms with Crippen LogP contribution in [0.1, 0.15) is 79.7 Å². The van der Waals surface area contributed by atoms with E-state index in [0.717, 1.165) is 5.41 Å². The van der Waals surface area contributed by atoms with Gasteiger partial charge in [-0.2, -0.15) is 0 Å². The largest absolute Gasteiger partial charge is 0.0683 e. The second-order valence-corrected chi connectivity index (χ2v) is 6.63. The molecule has 1 aliphatic rings. The quantitative estimate of drug-likeness (QED) is 0.535. The molecule has 0 aliphatic heterocycles. The maximum absolute atomic E-state index is 2.39. The van der Waals surface area contributed by atoms with E-state index < -0.39 is 0 Å². The smallest absolute Gasteiger partial charge is 0.0132 e. The van der Waals surface area contributed by atoms with Gasteiger partial charge in [0, 0.05) is 0 Å². The van der Waals surface area contributed by atoms with E-state index in [2.05, 4.69) is 65.0 Å². The fourth-order valence-corrected chi connectivity index (χ4v) is 2.07. The van der Waals surface area contributed by atoms with Crippen LogP contribution in [0, 0.1) is 5.41 Å². The molecule has 1 aromatic carbocycles. The van der Waals surface area contributed by atoms with Crippen molar-refractivity contribution < 1.29 is 0 Å². The van der Waals surface area contributed by atoms with Gasteiger partial charge in [-0.3, -0.25) is 0 Å². The molecule has 0 aromatic heterocycles. The third kappa shape index (κ3) is 6.80. The molecule has 0 spiro atoms. The van der Waals surface area contributed by atoms with Crippen LogP contribution in [0.15, 0.2) is 30.3 Å². The molecule has 0 unspecified atom stereocenters. The first-order valence-corrected chi connectivity index (χ1v) is 7.93. The summed E-state index contributed by atoms with van der Waals surface area (Å²) < 4.78 is 0. The number of benzene rings is 1. The Balaban J connectivity index is 0.000000316. The van der Waals surface area contributed by atoms with Gasteiger partial charge in [0.1, 0.15) is 0 Å². The Morgan fingerprint density at radius 3 is 1.63 bits per heavy atom. The molecule has 0 bridgehead atoms. The first-order chi connectivity index (χ1) is 8.87. The first kappa shape index (κ1) is 18.2. The molecule has 1 aliphatic carbocycles. The Hall–Kier alpha value is -0.780. The van der Waals surface area contributed by atoms with Crippen LogP contribution in [0.2, 0.25) is 0 Å². The molecule has 0 N–H and O–H groups in total. The van der Waals surface area contributed by atoms with E-state index in [0.29, 0.717) is 5.41 Å². The third-order valence-corrected chi connectivity index (χ3v) is 4.05. The Kier molecular flexibility index (Phi) is 8.06. The molecule has 0 saturated heterocycles. The van der Waals surface area contributed by atoms with Crippen LogP contribution in [-0.2, 0) is 5.41 Å². The molecule has 110 valence electrons. The summed E-state index contributed by atoms with van der Waals surface area (Å²) >= 11 is 0. The fourth-order valence-electron chi connectivity index (χ4n) is 2.07. The van der Waals surface area contributed by atoms with Crippen molar-refractivity contribution >= 4 is 0 Å². The minimum absolute atomic E-state index is 0.293. The molecule has 1 aromatic rings. The van der Waals surface area contributed by atoms with Crippen molar-refractivity contribution in [3.05, 3.63) is 35.9 Å². The van der Waals surface area contributed by atoms with E-state index in [9.17, 15) is 0 Å². The highest BCUT2D eigenvalue weighted by Gasteiger charge is 2.28. The monoisotopic (exact) mass is 262 g/mol. The second-order valence-electron chi connectivity index (χ2n) is 6.63. The van der Waals surface area contributed by atoms with Gasteiger partial charge < -0.3 is 0 Å². The molecule has 0 atom stereocenters. The van der Waals surface area contributed by atoms with E-state index in [1.807, 2.05) is 13.8 Å². The summed E-state index contributed by atoms with van der Waals surface area (Å²) in [6, 6.07) is 10.6. The third-order valence-electron chi connectivity index (χ3n) is 4.05. The summed E-state index contributed by atoms with van der Waals surface area (Å²) in [5, 5.41) is 0. The van der Waals surface area contributed by atoms with Gasteiger partial charge in [-0.05, 0) is 29.2 Å². The van der Waals surface area contributed by atoms with Gasteiger partial charge >= 0.3 is 0 Å². The zero-order valence-electron chi connectivity index (χ0n) is 14.2. The van der Waals surface area contributed by atoms with Gasteiger partial charge in [0.2, 0.25) is 0 Å². The Morgan fingerprint density at radius 2 is 1.47 bits per heavy atom. The van der Waals surface area contributed by atoms with Gasteiger partial charge in [0.15, 0.2) is 0 Å². The second kappa shape index (κ2) is 8.40. The highest BCUT2D eigenvalue weighted by molar-refractivity contribution is 5.21. The van der Waals surface area contributed by atoms with Crippen LogP contribution in [0.4, 0.5) is 0 Å². The zero-order chi connectivity index (χ0) is 14.9. The lowest BCUT2D eigenvalue weighted by Gasteiger charge is -2.37. The summed E-state index contributed by atoms with van der Waals surface area (Å²) in [7, 11) is 0. The van der Waals surface area contributed by atoms with E-state index in [1.54, 1.807) is 0 Å². The Labute approximate surface area is 121 Å². The average molecular weight is 262 g/mol. The van der Waals surface area contributed by atoms with Gasteiger partial charge in [0.05, 0.1) is 0 Å². The molecule has 1 saturated carbocycles. The van der Waals surface area contributed by atoms with Crippen LogP contribution in [-0.4, -0.2) is 0 Å². The first-order valence-electron chi connectivity index (χ1n) is 7.93. The standard InChI is InChI=1S/C10H14.C7H14.C2H6/c1-10(2,3)9-7-5-4-6-8-9;1-3-7(2)5-4-6-7;1-2/h4-8H,1-3H3;3-6H2,1-2H3;1-2H3. The summed E-state index contributed by atoms with van der Waals surface area (Å²) in [6.45, 7) is 15.3. The van der Waals surface area contributed by atoms with E-state index in [4.69, 9.17) is 0 Å². The van der Waals surface area contributed by atoms with Crippen molar-refractivity contribution in [1.82, 2.24) is 0 Å².